The third-order valence-electron chi connectivity index (χ3n) is 3.17. The lowest BCUT2D eigenvalue weighted by molar-refractivity contribution is -0.384. The minimum absolute atomic E-state index is 0.0705. The summed E-state index contributed by atoms with van der Waals surface area (Å²) in [5.41, 5.74) is 5.21. The number of nitrogens with zero attached hydrogens (tertiary/aromatic N) is 1. The highest BCUT2D eigenvalue weighted by Crippen LogP contribution is 2.27. The number of hydrogen-bond acceptors (Lipinski definition) is 6. The number of primary amides is 1. The molecule has 2 rings (SSSR count). The second-order valence-corrected chi connectivity index (χ2v) is 5.40. The van der Waals surface area contributed by atoms with Gasteiger partial charge in [0.2, 0.25) is 5.91 Å². The van der Waals surface area contributed by atoms with Gasteiger partial charge in [0.15, 0.2) is 6.61 Å². The maximum absolute atomic E-state index is 11.8. The summed E-state index contributed by atoms with van der Waals surface area (Å²) in [5, 5.41) is 13.1. The van der Waals surface area contributed by atoms with E-state index in [1.165, 1.54) is 36.4 Å². The second kappa shape index (κ2) is 8.08. The molecule has 134 valence electrons. The van der Waals surface area contributed by atoms with Crippen molar-refractivity contribution in [3.05, 3.63) is 68.7 Å². The van der Waals surface area contributed by atoms with Gasteiger partial charge < -0.3 is 15.8 Å². The van der Waals surface area contributed by atoms with Crippen LogP contribution in [0.4, 0.5) is 11.4 Å². The summed E-state index contributed by atoms with van der Waals surface area (Å²) in [5.74, 6) is -2.11. The first-order valence-corrected chi connectivity index (χ1v) is 7.46. The van der Waals surface area contributed by atoms with Gasteiger partial charge in [-0.3, -0.25) is 19.7 Å². The SMILES string of the molecule is NC(=O)c1ccc(C(=O)OCC(=O)Nc2ccc(Cl)c([N+](=O)[O-])c2)cc1. The zero-order valence-electron chi connectivity index (χ0n) is 13.1. The first-order valence-electron chi connectivity index (χ1n) is 7.08. The van der Waals surface area contributed by atoms with E-state index in [2.05, 4.69) is 5.32 Å². The molecule has 2 amide bonds. The Labute approximate surface area is 151 Å². The fourth-order valence-electron chi connectivity index (χ4n) is 1.91. The molecule has 0 aliphatic heterocycles. The number of anilines is 1. The minimum atomic E-state index is -0.779. The molecule has 0 atom stereocenters. The van der Waals surface area contributed by atoms with E-state index < -0.39 is 29.3 Å². The van der Waals surface area contributed by atoms with Crippen molar-refractivity contribution in [2.45, 2.75) is 0 Å². The molecule has 0 spiro atoms. The van der Waals surface area contributed by atoms with Crippen LogP contribution in [0.5, 0.6) is 0 Å². The molecular weight excluding hydrogens is 366 g/mol. The lowest BCUT2D eigenvalue weighted by atomic mass is 10.1. The van der Waals surface area contributed by atoms with Crippen LogP contribution in [0.25, 0.3) is 0 Å². The number of amides is 2. The van der Waals surface area contributed by atoms with E-state index in [9.17, 15) is 24.5 Å². The van der Waals surface area contributed by atoms with Gasteiger partial charge in [0.1, 0.15) is 5.02 Å². The Balaban J connectivity index is 1.94. The molecular formula is C16H12ClN3O6. The number of nitrogens with one attached hydrogen (secondary N) is 1. The predicted octanol–water partition coefficient (Wildman–Crippen LogP) is 2.14. The molecule has 0 aliphatic carbocycles. The molecule has 0 unspecified atom stereocenters. The van der Waals surface area contributed by atoms with Crippen LogP contribution in [-0.4, -0.2) is 29.3 Å². The minimum Gasteiger partial charge on any atom is -0.452 e. The van der Waals surface area contributed by atoms with Gasteiger partial charge in [-0.2, -0.15) is 0 Å². The molecule has 0 fully saturated rings. The third-order valence-corrected chi connectivity index (χ3v) is 3.49. The summed E-state index contributed by atoms with van der Waals surface area (Å²) >= 11 is 5.68. The lowest BCUT2D eigenvalue weighted by Gasteiger charge is -2.07. The average molecular weight is 378 g/mol. The van der Waals surface area contributed by atoms with Crippen molar-refractivity contribution in [2.24, 2.45) is 5.73 Å². The molecule has 2 aromatic rings. The molecule has 2 aromatic carbocycles. The van der Waals surface area contributed by atoms with E-state index >= 15 is 0 Å². The smallest absolute Gasteiger partial charge is 0.338 e. The fraction of sp³-hybridized carbons (Fsp3) is 0.0625. The molecule has 9 nitrogen and oxygen atoms in total. The van der Waals surface area contributed by atoms with E-state index in [1.54, 1.807) is 0 Å². The van der Waals surface area contributed by atoms with Crippen molar-refractivity contribution >= 4 is 40.8 Å². The molecule has 0 aromatic heterocycles. The van der Waals surface area contributed by atoms with E-state index in [1.807, 2.05) is 0 Å². The van der Waals surface area contributed by atoms with Crippen molar-refractivity contribution in [3.63, 3.8) is 0 Å². The summed E-state index contributed by atoms with van der Waals surface area (Å²) in [4.78, 5) is 44.7. The molecule has 0 saturated heterocycles. The molecule has 26 heavy (non-hydrogen) atoms. The number of rotatable bonds is 6. The lowest BCUT2D eigenvalue weighted by Crippen LogP contribution is -2.21. The Hall–Kier alpha value is -3.46. The topological polar surface area (TPSA) is 142 Å². The van der Waals surface area contributed by atoms with Crippen molar-refractivity contribution in [1.82, 2.24) is 0 Å². The molecule has 0 saturated carbocycles. The van der Waals surface area contributed by atoms with Crippen LogP contribution >= 0.6 is 11.6 Å². The molecule has 0 aliphatic rings. The number of halogens is 1. The van der Waals surface area contributed by atoms with Crippen molar-refractivity contribution in [3.8, 4) is 0 Å². The number of nitro benzene ring substituents is 1. The van der Waals surface area contributed by atoms with E-state index in [-0.39, 0.29) is 27.5 Å². The van der Waals surface area contributed by atoms with Crippen LogP contribution < -0.4 is 11.1 Å². The zero-order chi connectivity index (χ0) is 19.3. The number of nitro groups is 1. The Kier molecular flexibility index (Phi) is 5.86. The van der Waals surface area contributed by atoms with Crippen LogP contribution in [0.15, 0.2) is 42.5 Å². The van der Waals surface area contributed by atoms with Gasteiger partial charge in [-0.15, -0.1) is 0 Å². The Morgan fingerprint density at radius 2 is 1.73 bits per heavy atom. The number of carbonyl (C=O) groups is 3. The van der Waals surface area contributed by atoms with Crippen LogP contribution in [0.2, 0.25) is 5.02 Å². The maximum atomic E-state index is 11.8. The first kappa shape index (κ1) is 18.9. The Morgan fingerprint density at radius 1 is 1.12 bits per heavy atom. The highest BCUT2D eigenvalue weighted by Gasteiger charge is 2.15. The Morgan fingerprint density at radius 3 is 2.31 bits per heavy atom. The third kappa shape index (κ3) is 4.77. The summed E-state index contributed by atoms with van der Waals surface area (Å²) in [6.45, 7) is -0.604. The number of esters is 1. The van der Waals surface area contributed by atoms with Crippen LogP contribution in [-0.2, 0) is 9.53 Å². The van der Waals surface area contributed by atoms with E-state index in [4.69, 9.17) is 22.1 Å². The summed E-state index contributed by atoms with van der Waals surface area (Å²) in [6.07, 6.45) is 0. The number of benzene rings is 2. The monoisotopic (exact) mass is 377 g/mol. The predicted molar refractivity (Wildman–Crippen MR) is 92.0 cm³/mol. The van der Waals surface area contributed by atoms with Crippen LogP contribution in [0.1, 0.15) is 20.7 Å². The number of hydrogen-bond donors (Lipinski definition) is 2. The number of ether oxygens (including phenoxy) is 1. The molecule has 0 radical (unpaired) electrons. The van der Waals surface area contributed by atoms with Gasteiger partial charge in [0, 0.05) is 17.3 Å². The highest BCUT2D eigenvalue weighted by molar-refractivity contribution is 6.32. The quantitative estimate of drug-likeness (QED) is 0.448. The van der Waals surface area contributed by atoms with E-state index in [0.717, 1.165) is 6.07 Å². The van der Waals surface area contributed by atoms with Gasteiger partial charge in [-0.25, -0.2) is 4.79 Å². The van der Waals surface area contributed by atoms with Gasteiger partial charge >= 0.3 is 5.97 Å². The standard InChI is InChI=1S/C16H12ClN3O6/c17-12-6-5-11(7-13(12)20(24)25)19-14(21)8-26-16(23)10-3-1-9(2-4-10)15(18)22/h1-7H,8H2,(H2,18,22)(H,19,21). The molecule has 0 heterocycles. The van der Waals surface area contributed by atoms with Gasteiger partial charge in [0.05, 0.1) is 10.5 Å². The number of nitrogens with two attached hydrogens (primary N) is 1. The summed E-state index contributed by atoms with van der Waals surface area (Å²) < 4.78 is 4.84. The zero-order valence-corrected chi connectivity index (χ0v) is 13.9. The second-order valence-electron chi connectivity index (χ2n) is 4.99. The van der Waals surface area contributed by atoms with Crippen molar-refractivity contribution < 1.29 is 24.0 Å². The highest BCUT2D eigenvalue weighted by atomic mass is 35.5. The van der Waals surface area contributed by atoms with Gasteiger partial charge in [-0.1, -0.05) is 11.6 Å². The van der Waals surface area contributed by atoms with Crippen LogP contribution in [0.3, 0.4) is 0 Å². The van der Waals surface area contributed by atoms with E-state index in [0.29, 0.717) is 0 Å². The molecule has 3 N–H and O–H groups in total. The van der Waals surface area contributed by atoms with Crippen molar-refractivity contribution in [1.29, 1.82) is 0 Å². The number of carbonyl (C=O) groups excluding carboxylic acids is 3. The largest absolute Gasteiger partial charge is 0.452 e. The first-order chi connectivity index (χ1) is 12.3. The fourth-order valence-corrected chi connectivity index (χ4v) is 2.10. The molecule has 10 heteroatoms. The molecule has 0 bridgehead atoms. The van der Waals surface area contributed by atoms with Gasteiger partial charge in [0.25, 0.3) is 11.6 Å². The maximum Gasteiger partial charge on any atom is 0.338 e. The summed E-state index contributed by atoms with van der Waals surface area (Å²) in [7, 11) is 0. The average Bonchev–Trinajstić information content (AvgIpc) is 2.61. The Bertz CT molecular complexity index is 882. The van der Waals surface area contributed by atoms with Crippen LogP contribution in [0, 0.1) is 10.1 Å². The normalized spacial score (nSPS) is 10.0. The summed E-state index contributed by atoms with van der Waals surface area (Å²) in [6, 6.07) is 9.10. The van der Waals surface area contributed by atoms with Crippen molar-refractivity contribution in [2.75, 3.05) is 11.9 Å². The van der Waals surface area contributed by atoms with Gasteiger partial charge in [-0.05, 0) is 36.4 Å².